The Morgan fingerprint density at radius 1 is 1.41 bits per heavy atom. The summed E-state index contributed by atoms with van der Waals surface area (Å²) in [5.74, 6) is 1.08. The zero-order valence-electron chi connectivity index (χ0n) is 16.5. The molecule has 4 rings (SSSR count). The molecule has 1 aromatic carbocycles. The van der Waals surface area contributed by atoms with Gasteiger partial charge >= 0.3 is 0 Å². The van der Waals surface area contributed by atoms with Crippen LogP contribution in [-0.2, 0) is 10.2 Å². The van der Waals surface area contributed by atoms with Gasteiger partial charge in [-0.2, -0.15) is 0 Å². The smallest absolute Gasteiger partial charge is 0.233 e. The molecule has 2 atom stereocenters. The van der Waals surface area contributed by atoms with E-state index in [4.69, 9.17) is 23.2 Å². The number of thioether (sulfide) groups is 1. The van der Waals surface area contributed by atoms with E-state index in [9.17, 15) is 4.79 Å². The second-order valence-electron chi connectivity index (χ2n) is 7.59. The number of anilines is 1. The van der Waals surface area contributed by atoms with Gasteiger partial charge in [0.05, 0.1) is 10.9 Å². The summed E-state index contributed by atoms with van der Waals surface area (Å²) in [7, 11) is 1.68. The quantitative estimate of drug-likeness (QED) is 0.636. The number of nitrogens with zero attached hydrogens (tertiary/aromatic N) is 2. The number of benzene rings is 1. The van der Waals surface area contributed by atoms with E-state index in [-0.39, 0.29) is 16.8 Å². The van der Waals surface area contributed by atoms with E-state index in [1.54, 1.807) is 18.8 Å². The van der Waals surface area contributed by atoms with Gasteiger partial charge in [0.25, 0.3) is 0 Å². The molecule has 0 bridgehead atoms. The van der Waals surface area contributed by atoms with E-state index in [0.717, 1.165) is 41.3 Å². The first kappa shape index (κ1) is 20.7. The number of nitrogens with one attached hydrogen (secondary N) is 3. The summed E-state index contributed by atoms with van der Waals surface area (Å²) in [6.07, 6.45) is 4.89. The molecule has 3 heterocycles. The number of amides is 1. The summed E-state index contributed by atoms with van der Waals surface area (Å²) < 4.78 is 0.740. The minimum absolute atomic E-state index is 0.00525. The van der Waals surface area contributed by atoms with Gasteiger partial charge in [-0.15, -0.1) is 0 Å². The van der Waals surface area contributed by atoms with E-state index in [1.807, 2.05) is 19.2 Å². The van der Waals surface area contributed by atoms with Gasteiger partial charge in [0.2, 0.25) is 5.91 Å². The number of allylic oxidation sites excluding steroid dienone is 1. The van der Waals surface area contributed by atoms with Gasteiger partial charge in [0, 0.05) is 42.5 Å². The van der Waals surface area contributed by atoms with Crippen LogP contribution >= 0.6 is 35.0 Å². The van der Waals surface area contributed by atoms with Gasteiger partial charge in [-0.05, 0) is 49.7 Å². The fourth-order valence-electron chi connectivity index (χ4n) is 4.42. The number of carbonyl (C=O) groups is 1. The third-order valence-electron chi connectivity index (χ3n) is 5.78. The van der Waals surface area contributed by atoms with Crippen LogP contribution in [0.2, 0.25) is 5.02 Å². The Hall–Kier alpha value is -1.54. The number of fused-ring (bicyclic) bond motifs is 2. The topological polar surface area (TPSA) is 59.6 Å². The lowest BCUT2D eigenvalue weighted by molar-refractivity contribution is -0.121. The van der Waals surface area contributed by atoms with E-state index < -0.39 is 0 Å². The molecule has 3 N–H and O–H groups in total. The van der Waals surface area contributed by atoms with Crippen molar-refractivity contribution < 1.29 is 4.79 Å². The van der Waals surface area contributed by atoms with Gasteiger partial charge in [-0.1, -0.05) is 35.0 Å². The lowest BCUT2D eigenvalue weighted by Gasteiger charge is -2.29. The molecule has 1 aromatic rings. The number of carbonyl (C=O) groups excluding carboxylic acids is 1. The maximum Gasteiger partial charge on any atom is 0.233 e. The molecule has 0 aliphatic carbocycles. The van der Waals surface area contributed by atoms with Crippen LogP contribution in [0, 0.1) is 0 Å². The molecule has 6 nitrogen and oxygen atoms in total. The molecule has 156 valence electrons. The highest BCUT2D eigenvalue weighted by Gasteiger charge is 2.48. The van der Waals surface area contributed by atoms with Crippen molar-refractivity contribution in [1.82, 2.24) is 20.9 Å². The van der Waals surface area contributed by atoms with Gasteiger partial charge in [-0.3, -0.25) is 9.69 Å². The average Bonchev–Trinajstić information content (AvgIpc) is 3.38. The summed E-state index contributed by atoms with van der Waals surface area (Å²) >= 11 is 14.0. The fourth-order valence-corrected chi connectivity index (χ4v) is 5.60. The van der Waals surface area contributed by atoms with Crippen molar-refractivity contribution in [1.29, 1.82) is 0 Å². The summed E-state index contributed by atoms with van der Waals surface area (Å²) in [4.78, 5) is 16.4. The molecule has 9 heteroatoms. The molecule has 0 radical (unpaired) electrons. The fraction of sp³-hybridized carbons (Fsp3) is 0.450. The van der Waals surface area contributed by atoms with Gasteiger partial charge < -0.3 is 20.9 Å². The number of halogens is 2. The predicted molar refractivity (Wildman–Crippen MR) is 121 cm³/mol. The highest BCUT2D eigenvalue weighted by atomic mass is 35.5. The molecule has 3 aliphatic rings. The third kappa shape index (κ3) is 4.06. The summed E-state index contributed by atoms with van der Waals surface area (Å²) in [6.45, 7) is 5.04. The molecule has 1 spiro atoms. The maximum absolute atomic E-state index is 11.9. The lowest BCUT2D eigenvalue weighted by Crippen LogP contribution is -2.43. The molecule has 2 unspecified atom stereocenters. The maximum atomic E-state index is 11.9. The van der Waals surface area contributed by atoms with Crippen molar-refractivity contribution in [3.8, 4) is 0 Å². The lowest BCUT2D eigenvalue weighted by atomic mass is 9.81. The van der Waals surface area contributed by atoms with Crippen LogP contribution in [0.3, 0.4) is 0 Å². The normalized spacial score (nSPS) is 26.5. The summed E-state index contributed by atoms with van der Waals surface area (Å²) in [5, 5.41) is 10.3. The van der Waals surface area contributed by atoms with Crippen LogP contribution in [0.1, 0.15) is 18.9 Å². The standard InChI is InChI=1S/C20H25Cl2N5OS/c1-3-17(25-19-24-9-16(22)29-19)27-12-20(14-8-13(21)4-5-15(14)27)6-7-26(11-20)10-18(28)23-2/h3-5,8-9,19,24-25H,6-7,10-12H2,1-2H3,(H,23,28). The summed E-state index contributed by atoms with van der Waals surface area (Å²) in [6, 6.07) is 6.13. The minimum atomic E-state index is -0.0453. The van der Waals surface area contributed by atoms with Gasteiger partial charge in [0.15, 0.2) is 5.50 Å². The third-order valence-corrected chi connectivity index (χ3v) is 7.23. The Morgan fingerprint density at radius 2 is 2.24 bits per heavy atom. The zero-order valence-corrected chi connectivity index (χ0v) is 18.8. The molecule has 29 heavy (non-hydrogen) atoms. The van der Waals surface area contributed by atoms with E-state index >= 15 is 0 Å². The second-order valence-corrected chi connectivity index (χ2v) is 9.81. The molecule has 0 saturated carbocycles. The van der Waals surface area contributed by atoms with Crippen molar-refractivity contribution in [2.45, 2.75) is 24.3 Å². The van der Waals surface area contributed by atoms with Crippen molar-refractivity contribution in [3.63, 3.8) is 0 Å². The first-order chi connectivity index (χ1) is 13.9. The molecule has 1 fully saturated rings. The summed E-state index contributed by atoms with van der Waals surface area (Å²) in [5.41, 5.74) is 2.37. The SMILES string of the molecule is CC=C(NC1NC=C(Cl)S1)N1CC2(CCN(CC(=O)NC)C2)c2cc(Cl)ccc21. The molecule has 3 aliphatic heterocycles. The van der Waals surface area contributed by atoms with Gasteiger partial charge in [-0.25, -0.2) is 0 Å². The number of likely N-dealkylation sites (tertiary alicyclic amines) is 1. The minimum Gasteiger partial charge on any atom is -0.361 e. The van der Waals surface area contributed by atoms with Crippen LogP contribution in [0.15, 0.2) is 40.7 Å². The van der Waals surface area contributed by atoms with Crippen LogP contribution in [0.25, 0.3) is 0 Å². The van der Waals surface area contributed by atoms with E-state index in [1.165, 1.54) is 11.3 Å². The molecule has 1 amide bonds. The number of hydrogen-bond acceptors (Lipinski definition) is 6. The Labute approximate surface area is 185 Å². The van der Waals surface area contributed by atoms with Gasteiger partial charge in [0.1, 0.15) is 5.82 Å². The monoisotopic (exact) mass is 453 g/mol. The number of likely N-dealkylation sites (N-methyl/N-ethyl adjacent to an activating group) is 1. The predicted octanol–water partition coefficient (Wildman–Crippen LogP) is 2.96. The molecule has 1 saturated heterocycles. The Morgan fingerprint density at radius 3 is 2.93 bits per heavy atom. The highest BCUT2D eigenvalue weighted by Crippen LogP contribution is 2.48. The van der Waals surface area contributed by atoms with Crippen LogP contribution in [-0.4, -0.2) is 49.5 Å². The Bertz CT molecular complexity index is 876. The van der Waals surface area contributed by atoms with Crippen molar-refractivity contribution >= 4 is 46.6 Å². The number of hydrogen-bond donors (Lipinski definition) is 3. The number of rotatable bonds is 5. The Balaban J connectivity index is 1.59. The largest absolute Gasteiger partial charge is 0.361 e. The molecular weight excluding hydrogens is 429 g/mol. The first-order valence-corrected chi connectivity index (χ1v) is 11.3. The van der Waals surface area contributed by atoms with E-state index in [2.05, 4.69) is 44.0 Å². The van der Waals surface area contributed by atoms with Crippen LogP contribution < -0.4 is 20.9 Å². The average molecular weight is 454 g/mol. The Kier molecular flexibility index (Phi) is 5.93. The van der Waals surface area contributed by atoms with Crippen LogP contribution in [0.4, 0.5) is 5.69 Å². The van der Waals surface area contributed by atoms with E-state index in [0.29, 0.717) is 6.54 Å². The van der Waals surface area contributed by atoms with Crippen molar-refractivity contribution in [3.05, 3.63) is 51.2 Å². The highest BCUT2D eigenvalue weighted by molar-refractivity contribution is 8.05. The zero-order chi connectivity index (χ0) is 20.6. The first-order valence-electron chi connectivity index (χ1n) is 9.66. The molecule has 0 aromatic heterocycles. The molecular formula is C20H25Cl2N5OS. The van der Waals surface area contributed by atoms with Crippen LogP contribution in [0.5, 0.6) is 0 Å². The second kappa shape index (κ2) is 8.30. The van der Waals surface area contributed by atoms with Crippen molar-refractivity contribution in [2.24, 2.45) is 0 Å². The van der Waals surface area contributed by atoms with Crippen molar-refractivity contribution in [2.75, 3.05) is 38.1 Å².